The molecule has 0 bridgehead atoms. The molecule has 2 aromatic rings. The summed E-state index contributed by atoms with van der Waals surface area (Å²) >= 11 is 0. The Labute approximate surface area is 203 Å². The van der Waals surface area contributed by atoms with Gasteiger partial charge in [0.25, 0.3) is 0 Å². The van der Waals surface area contributed by atoms with Crippen molar-refractivity contribution in [1.29, 1.82) is 0 Å². The van der Waals surface area contributed by atoms with Crippen molar-refractivity contribution in [3.05, 3.63) is 58.7 Å². The van der Waals surface area contributed by atoms with Gasteiger partial charge in [-0.2, -0.15) is 0 Å². The van der Waals surface area contributed by atoms with E-state index >= 15 is 0 Å². The molecule has 0 spiro atoms. The van der Waals surface area contributed by atoms with Crippen molar-refractivity contribution >= 4 is 11.6 Å². The standard InChI is InChI=1S/C29H36N2O3/c32-26(11-17-30-13-3-1-4-14-30)22-7-9-24-19-25-10-8-23(21-29(25)34-28(24)20-22)27(33)12-18-31-15-5-2-6-16-31/h7-10,20-21H,1-6,11-19H2. The first kappa shape index (κ1) is 23.3. The molecule has 0 aliphatic carbocycles. The zero-order valence-electron chi connectivity index (χ0n) is 20.2. The number of nitrogens with zero attached hydrogens (tertiary/aromatic N) is 2. The number of fused-ring (bicyclic) bond motifs is 2. The normalized spacial score (nSPS) is 18.6. The SMILES string of the molecule is O=C(CCN1CCCCC1)c1ccc2c(c1)Oc1cc(C(=O)CCN3CCCCC3)ccc1C2. The third-order valence-electron chi connectivity index (χ3n) is 7.59. The molecule has 0 amide bonds. The molecule has 2 saturated heterocycles. The van der Waals surface area contributed by atoms with Crippen molar-refractivity contribution in [3.8, 4) is 11.5 Å². The number of hydrogen-bond acceptors (Lipinski definition) is 5. The highest BCUT2D eigenvalue weighted by atomic mass is 16.5. The molecule has 3 heterocycles. The van der Waals surface area contributed by atoms with E-state index in [4.69, 9.17) is 4.74 Å². The van der Waals surface area contributed by atoms with E-state index in [1.54, 1.807) is 0 Å². The molecule has 3 aliphatic rings. The maximum atomic E-state index is 12.8. The van der Waals surface area contributed by atoms with Crippen LogP contribution in [0.15, 0.2) is 36.4 Å². The number of likely N-dealkylation sites (tertiary alicyclic amines) is 2. The Morgan fingerprint density at radius 3 is 1.53 bits per heavy atom. The average Bonchev–Trinajstić information content (AvgIpc) is 2.89. The summed E-state index contributed by atoms with van der Waals surface area (Å²) < 4.78 is 6.22. The summed E-state index contributed by atoms with van der Waals surface area (Å²) in [4.78, 5) is 30.5. The number of rotatable bonds is 8. The van der Waals surface area contributed by atoms with E-state index in [2.05, 4.69) is 9.80 Å². The molecular formula is C29H36N2O3. The number of ether oxygens (including phenoxy) is 1. The molecular weight excluding hydrogens is 424 g/mol. The minimum absolute atomic E-state index is 0.171. The van der Waals surface area contributed by atoms with Crippen molar-refractivity contribution in [3.63, 3.8) is 0 Å². The average molecular weight is 461 g/mol. The largest absolute Gasteiger partial charge is 0.457 e. The summed E-state index contributed by atoms with van der Waals surface area (Å²) in [5.74, 6) is 1.83. The van der Waals surface area contributed by atoms with Gasteiger partial charge in [0, 0.05) is 43.5 Å². The molecule has 5 nitrogen and oxygen atoms in total. The molecule has 0 radical (unpaired) electrons. The second-order valence-corrected chi connectivity index (χ2v) is 10.1. The van der Waals surface area contributed by atoms with Crippen molar-refractivity contribution in [2.24, 2.45) is 0 Å². The van der Waals surface area contributed by atoms with Crippen LogP contribution in [0.2, 0.25) is 0 Å². The zero-order chi connectivity index (χ0) is 23.3. The molecule has 2 aromatic carbocycles. The lowest BCUT2D eigenvalue weighted by Crippen LogP contribution is -2.31. The Kier molecular flexibility index (Phi) is 7.41. The molecule has 180 valence electrons. The first-order valence-electron chi connectivity index (χ1n) is 13.1. The summed E-state index contributed by atoms with van der Waals surface area (Å²) in [6, 6.07) is 11.7. The highest BCUT2D eigenvalue weighted by Gasteiger charge is 2.21. The predicted octanol–water partition coefficient (Wildman–Crippen LogP) is 5.50. The molecule has 5 heteroatoms. The van der Waals surface area contributed by atoms with Gasteiger partial charge >= 0.3 is 0 Å². The number of hydrogen-bond donors (Lipinski definition) is 0. The van der Waals surface area contributed by atoms with Crippen molar-refractivity contribution in [2.45, 2.75) is 57.8 Å². The van der Waals surface area contributed by atoms with Gasteiger partial charge in [-0.1, -0.05) is 37.1 Å². The fraction of sp³-hybridized carbons (Fsp3) is 0.517. The fourth-order valence-corrected chi connectivity index (χ4v) is 5.44. The quantitative estimate of drug-likeness (QED) is 0.416. The summed E-state index contributed by atoms with van der Waals surface area (Å²) in [7, 11) is 0. The number of Topliss-reactive ketones (excluding diaryl/α,β-unsaturated/α-hetero) is 2. The lowest BCUT2D eigenvalue weighted by molar-refractivity contribution is 0.0951. The van der Waals surface area contributed by atoms with Crippen LogP contribution in [0.25, 0.3) is 0 Å². The van der Waals surface area contributed by atoms with Crippen LogP contribution >= 0.6 is 0 Å². The van der Waals surface area contributed by atoms with Crippen molar-refractivity contribution in [1.82, 2.24) is 9.80 Å². The van der Waals surface area contributed by atoms with Crippen LogP contribution < -0.4 is 4.74 Å². The summed E-state index contributed by atoms with van der Waals surface area (Å²) in [5, 5.41) is 0. The van der Waals surface area contributed by atoms with E-state index < -0.39 is 0 Å². The predicted molar refractivity (Wildman–Crippen MR) is 134 cm³/mol. The molecule has 5 rings (SSSR count). The molecule has 3 aliphatic heterocycles. The van der Waals surface area contributed by atoms with Crippen LogP contribution in [0.5, 0.6) is 11.5 Å². The molecule has 0 atom stereocenters. The van der Waals surface area contributed by atoms with E-state index in [9.17, 15) is 9.59 Å². The van der Waals surface area contributed by atoms with Crippen LogP contribution in [0.3, 0.4) is 0 Å². The van der Waals surface area contributed by atoms with Gasteiger partial charge in [0.2, 0.25) is 0 Å². The van der Waals surface area contributed by atoms with Gasteiger partial charge in [0.15, 0.2) is 11.6 Å². The molecule has 2 fully saturated rings. The number of benzene rings is 2. The number of carbonyl (C=O) groups is 2. The Morgan fingerprint density at radius 2 is 1.09 bits per heavy atom. The Balaban J connectivity index is 1.21. The maximum Gasteiger partial charge on any atom is 0.164 e. The summed E-state index contributed by atoms with van der Waals surface area (Å²) in [6.45, 7) is 6.10. The second-order valence-electron chi connectivity index (χ2n) is 10.1. The second kappa shape index (κ2) is 10.8. The van der Waals surface area contributed by atoms with E-state index in [1.807, 2.05) is 36.4 Å². The lowest BCUT2D eigenvalue weighted by atomic mass is 9.95. The van der Waals surface area contributed by atoms with Gasteiger partial charge in [-0.25, -0.2) is 0 Å². The Hall–Kier alpha value is -2.50. The van der Waals surface area contributed by atoms with Crippen LogP contribution in [0.1, 0.15) is 83.2 Å². The van der Waals surface area contributed by atoms with Crippen LogP contribution in [-0.4, -0.2) is 60.6 Å². The van der Waals surface area contributed by atoms with Crippen molar-refractivity contribution in [2.75, 3.05) is 39.3 Å². The Morgan fingerprint density at radius 1 is 0.647 bits per heavy atom. The number of piperidine rings is 2. The smallest absolute Gasteiger partial charge is 0.164 e. The van der Waals surface area contributed by atoms with Crippen molar-refractivity contribution < 1.29 is 14.3 Å². The van der Waals surface area contributed by atoms with Gasteiger partial charge in [-0.15, -0.1) is 0 Å². The van der Waals surface area contributed by atoms with E-state index in [-0.39, 0.29) is 11.6 Å². The first-order valence-corrected chi connectivity index (χ1v) is 13.1. The van der Waals surface area contributed by atoms with Gasteiger partial charge < -0.3 is 14.5 Å². The van der Waals surface area contributed by atoms with E-state index in [1.165, 1.54) is 38.5 Å². The zero-order valence-corrected chi connectivity index (χ0v) is 20.2. The van der Waals surface area contributed by atoms with E-state index in [0.717, 1.165) is 68.3 Å². The molecule has 0 unspecified atom stereocenters. The minimum Gasteiger partial charge on any atom is -0.457 e. The molecule has 34 heavy (non-hydrogen) atoms. The van der Waals surface area contributed by atoms with Gasteiger partial charge in [0.05, 0.1) is 0 Å². The van der Waals surface area contributed by atoms with Crippen LogP contribution in [0, 0.1) is 0 Å². The van der Waals surface area contributed by atoms with Gasteiger partial charge in [0.1, 0.15) is 11.5 Å². The highest BCUT2D eigenvalue weighted by Crippen LogP contribution is 2.38. The number of ketones is 2. The lowest BCUT2D eigenvalue weighted by Gasteiger charge is -2.26. The molecule has 0 saturated carbocycles. The fourth-order valence-electron chi connectivity index (χ4n) is 5.44. The van der Waals surface area contributed by atoms with Gasteiger partial charge in [-0.05, 0) is 75.1 Å². The molecule has 0 aromatic heterocycles. The Bertz CT molecular complexity index is 954. The molecule has 0 N–H and O–H groups in total. The topological polar surface area (TPSA) is 49.9 Å². The van der Waals surface area contributed by atoms with Crippen LogP contribution in [-0.2, 0) is 6.42 Å². The van der Waals surface area contributed by atoms with Gasteiger partial charge in [-0.3, -0.25) is 9.59 Å². The highest BCUT2D eigenvalue weighted by molar-refractivity contribution is 5.97. The first-order chi connectivity index (χ1) is 16.7. The van der Waals surface area contributed by atoms with Crippen LogP contribution in [0.4, 0.5) is 0 Å². The third-order valence-corrected chi connectivity index (χ3v) is 7.59. The monoisotopic (exact) mass is 460 g/mol. The summed E-state index contributed by atoms with van der Waals surface area (Å²) in [6.07, 6.45) is 9.42. The van der Waals surface area contributed by atoms with E-state index in [0.29, 0.717) is 24.0 Å². The summed E-state index contributed by atoms with van der Waals surface area (Å²) in [5.41, 5.74) is 3.61. The third kappa shape index (κ3) is 5.59. The maximum absolute atomic E-state index is 12.8. The minimum atomic E-state index is 0.171. The number of carbonyl (C=O) groups excluding carboxylic acids is 2.